The van der Waals surface area contributed by atoms with Crippen molar-refractivity contribution in [1.82, 2.24) is 4.90 Å². The molecule has 1 unspecified atom stereocenters. The van der Waals surface area contributed by atoms with Gasteiger partial charge in [-0.15, -0.1) is 0 Å². The van der Waals surface area contributed by atoms with Crippen LogP contribution in [-0.4, -0.2) is 37.1 Å². The zero-order valence-corrected chi connectivity index (χ0v) is 11.9. The topological polar surface area (TPSA) is 30.3 Å². The minimum Gasteiger partial charge on any atom is -0.367 e. The monoisotopic (exact) mass is 279 g/mol. The van der Waals surface area contributed by atoms with Crippen LogP contribution in [0, 0.1) is 23.0 Å². The maximum atomic E-state index is 14.0. The van der Waals surface area contributed by atoms with Crippen LogP contribution in [0.1, 0.15) is 25.8 Å². The van der Waals surface area contributed by atoms with Gasteiger partial charge in [-0.3, -0.25) is 4.90 Å². The second-order valence-electron chi connectivity index (χ2n) is 4.98. The second-order valence-corrected chi connectivity index (χ2v) is 4.98. The highest BCUT2D eigenvalue weighted by Crippen LogP contribution is 2.28. The summed E-state index contributed by atoms with van der Waals surface area (Å²) in [5.41, 5.74) is 0.0156. The van der Waals surface area contributed by atoms with Crippen molar-refractivity contribution >= 4 is 5.69 Å². The van der Waals surface area contributed by atoms with Gasteiger partial charge in [-0.2, -0.15) is 5.26 Å². The predicted octanol–water partition coefficient (Wildman–Crippen LogP) is 2.76. The summed E-state index contributed by atoms with van der Waals surface area (Å²) in [6, 6.07) is 4.88. The van der Waals surface area contributed by atoms with Crippen molar-refractivity contribution in [1.29, 1.82) is 5.26 Å². The number of hydrogen-bond acceptors (Lipinski definition) is 3. The van der Waals surface area contributed by atoms with Crippen LogP contribution in [-0.2, 0) is 0 Å². The van der Waals surface area contributed by atoms with Crippen LogP contribution in [0.5, 0.6) is 0 Å². The molecule has 1 atom stereocenters. The van der Waals surface area contributed by atoms with Crippen molar-refractivity contribution in [2.75, 3.05) is 31.1 Å². The van der Waals surface area contributed by atoms with Gasteiger partial charge in [0.2, 0.25) is 0 Å². The first-order valence-electron chi connectivity index (χ1n) is 6.99. The van der Waals surface area contributed by atoms with Gasteiger partial charge in [0.1, 0.15) is 6.07 Å². The molecule has 108 valence electrons. The molecule has 1 aliphatic rings. The van der Waals surface area contributed by atoms with Crippen LogP contribution in [0.25, 0.3) is 0 Å². The number of likely N-dealkylation sites (N-methyl/N-ethyl adjacent to an activating group) is 1. The zero-order chi connectivity index (χ0) is 14.7. The summed E-state index contributed by atoms with van der Waals surface area (Å²) in [5.74, 6) is -1.96. The molecule has 20 heavy (non-hydrogen) atoms. The number of nitriles is 1. The molecular weight excluding hydrogens is 260 g/mol. The van der Waals surface area contributed by atoms with Gasteiger partial charge in [0.05, 0.1) is 11.3 Å². The van der Waals surface area contributed by atoms with Gasteiger partial charge in [0.25, 0.3) is 0 Å². The molecule has 0 N–H and O–H groups in total. The van der Waals surface area contributed by atoms with Crippen molar-refractivity contribution < 1.29 is 8.78 Å². The van der Waals surface area contributed by atoms with Gasteiger partial charge in [-0.05, 0) is 31.6 Å². The molecule has 0 aromatic heterocycles. The number of hydrogen-bond donors (Lipinski definition) is 0. The number of halogens is 2. The number of rotatable bonds is 4. The minimum absolute atomic E-state index is 0.245. The lowest BCUT2D eigenvalue weighted by Gasteiger charge is -2.26. The summed E-state index contributed by atoms with van der Waals surface area (Å²) in [7, 11) is 0. The van der Waals surface area contributed by atoms with Crippen LogP contribution < -0.4 is 4.90 Å². The lowest BCUT2D eigenvalue weighted by atomic mass is 10.2. The van der Waals surface area contributed by atoms with Crippen LogP contribution in [0.2, 0.25) is 0 Å². The molecule has 1 fully saturated rings. The fourth-order valence-electron chi connectivity index (χ4n) is 2.87. The molecule has 0 saturated carbocycles. The smallest absolute Gasteiger partial charge is 0.183 e. The van der Waals surface area contributed by atoms with Gasteiger partial charge in [-0.1, -0.05) is 13.8 Å². The van der Waals surface area contributed by atoms with E-state index in [-0.39, 0.29) is 11.3 Å². The lowest BCUT2D eigenvalue weighted by Crippen LogP contribution is -2.37. The molecule has 2 rings (SSSR count). The van der Waals surface area contributed by atoms with Gasteiger partial charge < -0.3 is 4.90 Å². The third-order valence-corrected chi connectivity index (χ3v) is 4.02. The minimum atomic E-state index is -1.05. The third-order valence-electron chi connectivity index (χ3n) is 4.02. The highest BCUT2D eigenvalue weighted by Gasteiger charge is 2.28. The Labute approximate surface area is 118 Å². The number of benzene rings is 1. The fourth-order valence-corrected chi connectivity index (χ4v) is 2.87. The van der Waals surface area contributed by atoms with Gasteiger partial charge in [0.15, 0.2) is 11.6 Å². The maximum Gasteiger partial charge on any atom is 0.183 e. The first-order valence-corrected chi connectivity index (χ1v) is 6.99. The molecule has 0 spiro atoms. The normalized spacial score (nSPS) is 18.6. The van der Waals surface area contributed by atoms with E-state index in [1.54, 1.807) is 6.07 Å². The van der Waals surface area contributed by atoms with E-state index in [0.29, 0.717) is 19.1 Å². The Bertz CT molecular complexity index is 521. The Balaban J connectivity index is 2.19. The van der Waals surface area contributed by atoms with E-state index < -0.39 is 11.6 Å². The van der Waals surface area contributed by atoms with Crippen molar-refractivity contribution in [3.05, 3.63) is 29.3 Å². The maximum absolute atomic E-state index is 14.0. The molecule has 5 heteroatoms. The van der Waals surface area contributed by atoms with Gasteiger partial charge >= 0.3 is 0 Å². The first kappa shape index (κ1) is 14.7. The van der Waals surface area contributed by atoms with Crippen molar-refractivity contribution in [3.8, 4) is 6.07 Å². The van der Waals surface area contributed by atoms with E-state index in [9.17, 15) is 8.78 Å². The average molecular weight is 279 g/mol. The summed E-state index contributed by atoms with van der Waals surface area (Å²) < 4.78 is 27.7. The first-order chi connectivity index (χ1) is 9.62. The summed E-state index contributed by atoms with van der Waals surface area (Å²) >= 11 is 0. The molecule has 0 bridgehead atoms. The Morgan fingerprint density at radius 3 is 2.60 bits per heavy atom. The third kappa shape index (κ3) is 2.61. The van der Waals surface area contributed by atoms with Crippen molar-refractivity contribution in [3.63, 3.8) is 0 Å². The summed E-state index contributed by atoms with van der Waals surface area (Å²) in [6.07, 6.45) is 0.947. The SMILES string of the molecule is CCN(CC)C1CCN(c2ccc(C#N)c(F)c2F)C1. The van der Waals surface area contributed by atoms with Crippen LogP contribution in [0.15, 0.2) is 12.1 Å². The largest absolute Gasteiger partial charge is 0.367 e. The van der Waals surface area contributed by atoms with E-state index in [1.165, 1.54) is 12.1 Å². The molecular formula is C15H19F2N3. The Morgan fingerprint density at radius 1 is 1.30 bits per heavy atom. The van der Waals surface area contributed by atoms with E-state index in [4.69, 9.17) is 5.26 Å². The quantitative estimate of drug-likeness (QED) is 0.849. The zero-order valence-electron chi connectivity index (χ0n) is 11.9. The molecule has 1 saturated heterocycles. The highest BCUT2D eigenvalue weighted by molar-refractivity contribution is 5.53. The van der Waals surface area contributed by atoms with E-state index >= 15 is 0 Å². The highest BCUT2D eigenvalue weighted by atomic mass is 19.2. The molecule has 0 amide bonds. The fraction of sp³-hybridized carbons (Fsp3) is 0.533. The Kier molecular flexibility index (Phi) is 4.56. The summed E-state index contributed by atoms with van der Waals surface area (Å²) in [4.78, 5) is 4.19. The van der Waals surface area contributed by atoms with E-state index in [2.05, 4.69) is 18.7 Å². The van der Waals surface area contributed by atoms with Crippen molar-refractivity contribution in [2.24, 2.45) is 0 Å². The lowest BCUT2D eigenvalue weighted by molar-refractivity contribution is 0.232. The van der Waals surface area contributed by atoms with Gasteiger partial charge in [-0.25, -0.2) is 8.78 Å². The predicted molar refractivity (Wildman–Crippen MR) is 74.6 cm³/mol. The summed E-state index contributed by atoms with van der Waals surface area (Å²) in [6.45, 7) is 7.54. The summed E-state index contributed by atoms with van der Waals surface area (Å²) in [5, 5.41) is 8.70. The van der Waals surface area contributed by atoms with Crippen LogP contribution >= 0.6 is 0 Å². The molecule has 0 radical (unpaired) electrons. The second kappa shape index (κ2) is 6.19. The molecule has 1 heterocycles. The van der Waals surface area contributed by atoms with E-state index in [0.717, 1.165) is 19.5 Å². The number of anilines is 1. The van der Waals surface area contributed by atoms with E-state index in [1.807, 2.05) is 4.90 Å². The molecule has 3 nitrogen and oxygen atoms in total. The Hall–Kier alpha value is -1.67. The Morgan fingerprint density at radius 2 is 2.00 bits per heavy atom. The molecule has 1 aliphatic heterocycles. The molecule has 0 aliphatic carbocycles. The van der Waals surface area contributed by atoms with Crippen molar-refractivity contribution in [2.45, 2.75) is 26.3 Å². The molecule has 1 aromatic rings. The standard InChI is InChI=1S/C15H19F2N3/c1-3-19(4-2)12-7-8-20(10-12)13-6-5-11(9-18)14(16)15(13)17/h5-6,12H,3-4,7-8,10H2,1-2H3. The molecule has 1 aromatic carbocycles. The van der Waals surface area contributed by atoms with Crippen LogP contribution in [0.4, 0.5) is 14.5 Å². The number of nitrogens with zero attached hydrogens (tertiary/aromatic N) is 3. The van der Waals surface area contributed by atoms with Gasteiger partial charge in [0, 0.05) is 19.1 Å². The van der Waals surface area contributed by atoms with Crippen LogP contribution in [0.3, 0.4) is 0 Å². The average Bonchev–Trinajstić information content (AvgIpc) is 2.92.